The third kappa shape index (κ3) is 3.77. The summed E-state index contributed by atoms with van der Waals surface area (Å²) in [7, 11) is 0. The summed E-state index contributed by atoms with van der Waals surface area (Å²) in [6.07, 6.45) is -3.56. The van der Waals surface area contributed by atoms with Crippen LogP contribution in [-0.4, -0.2) is 27.1 Å². The molecular weight excluding hydrogens is 452 g/mol. The maximum atomic E-state index is 14.7. The molecule has 2 N–H and O–H groups in total. The number of nitrogens with zero attached hydrogens (tertiary/aromatic N) is 1. The number of rotatable bonds is 4. The Hall–Kier alpha value is -3.20. The molecule has 2 aromatic carbocycles. The highest BCUT2D eigenvalue weighted by Crippen LogP contribution is 2.43. The van der Waals surface area contributed by atoms with Crippen LogP contribution in [0.1, 0.15) is 56.3 Å². The molecule has 1 atom stereocenters. The molecule has 3 aromatic rings. The van der Waals surface area contributed by atoms with Crippen molar-refractivity contribution < 1.29 is 32.3 Å². The predicted octanol–water partition coefficient (Wildman–Crippen LogP) is 5.89. The van der Waals surface area contributed by atoms with Gasteiger partial charge in [0, 0.05) is 22.4 Å². The summed E-state index contributed by atoms with van der Waals surface area (Å²) in [6.45, 7) is 0. The van der Waals surface area contributed by atoms with Crippen LogP contribution >= 0.6 is 11.6 Å². The molecule has 4 rings (SSSR count). The number of fused-ring (bicyclic) bond motifs is 1. The first-order valence-electron chi connectivity index (χ1n) is 9.60. The van der Waals surface area contributed by atoms with Crippen LogP contribution in [0.5, 0.6) is 0 Å². The topological polar surface area (TPSA) is 83.0 Å². The summed E-state index contributed by atoms with van der Waals surface area (Å²) in [5.74, 6) is -4.03. The van der Waals surface area contributed by atoms with Gasteiger partial charge in [0.05, 0.1) is 27.8 Å². The lowest BCUT2D eigenvalue weighted by atomic mass is 9.78. The van der Waals surface area contributed by atoms with Crippen LogP contribution in [0.2, 0.25) is 5.02 Å². The van der Waals surface area contributed by atoms with Crippen LogP contribution in [0, 0.1) is 5.82 Å². The van der Waals surface area contributed by atoms with Crippen molar-refractivity contribution in [2.45, 2.75) is 31.4 Å². The lowest BCUT2D eigenvalue weighted by Gasteiger charge is -2.24. The van der Waals surface area contributed by atoms with Gasteiger partial charge in [0.1, 0.15) is 5.82 Å². The number of alkyl halides is 3. The number of ketones is 1. The third-order valence-electron chi connectivity index (χ3n) is 5.50. The van der Waals surface area contributed by atoms with Gasteiger partial charge >= 0.3 is 12.1 Å². The number of Topliss-reactive ketones (excluding diaryl/α,β-unsaturated/α-hetero) is 1. The number of carboxylic acids is 1. The molecule has 0 saturated carbocycles. The minimum Gasteiger partial charge on any atom is -0.478 e. The molecule has 1 heterocycles. The maximum Gasteiger partial charge on any atom is 0.417 e. The number of hydrogen-bond acceptors (Lipinski definition) is 3. The highest BCUT2D eigenvalue weighted by molar-refractivity contribution is 6.34. The van der Waals surface area contributed by atoms with Gasteiger partial charge in [-0.2, -0.15) is 18.3 Å². The van der Waals surface area contributed by atoms with Crippen molar-refractivity contribution in [3.05, 3.63) is 75.2 Å². The predicted molar refractivity (Wildman–Crippen MR) is 107 cm³/mol. The Morgan fingerprint density at radius 1 is 1.19 bits per heavy atom. The molecule has 32 heavy (non-hydrogen) atoms. The molecular formula is C22H15ClF4N2O3. The summed E-state index contributed by atoms with van der Waals surface area (Å²) in [4.78, 5) is 24.5. The average molecular weight is 467 g/mol. The van der Waals surface area contributed by atoms with Crippen molar-refractivity contribution in [2.24, 2.45) is 0 Å². The Balaban J connectivity index is 1.84. The molecule has 1 aromatic heterocycles. The second kappa shape index (κ2) is 8.05. The molecule has 0 spiro atoms. The zero-order chi connectivity index (χ0) is 23.2. The highest BCUT2D eigenvalue weighted by atomic mass is 35.5. The molecule has 1 aliphatic rings. The van der Waals surface area contributed by atoms with Gasteiger partial charge in [-0.1, -0.05) is 17.7 Å². The molecule has 0 radical (unpaired) electrons. The minimum absolute atomic E-state index is 0.0533. The van der Waals surface area contributed by atoms with E-state index in [9.17, 15) is 27.2 Å². The van der Waals surface area contributed by atoms with E-state index < -0.39 is 40.8 Å². The Kier molecular flexibility index (Phi) is 5.54. The molecule has 10 heteroatoms. The van der Waals surface area contributed by atoms with Crippen LogP contribution in [0.3, 0.4) is 0 Å². The van der Waals surface area contributed by atoms with Crippen LogP contribution in [0.15, 0.2) is 36.4 Å². The van der Waals surface area contributed by atoms with Crippen molar-refractivity contribution in [3.8, 4) is 11.3 Å². The van der Waals surface area contributed by atoms with Gasteiger partial charge in [0.25, 0.3) is 0 Å². The maximum absolute atomic E-state index is 14.7. The van der Waals surface area contributed by atoms with Crippen LogP contribution in [0.4, 0.5) is 17.6 Å². The number of H-pyrrole nitrogens is 1. The van der Waals surface area contributed by atoms with E-state index in [1.165, 1.54) is 18.2 Å². The Morgan fingerprint density at radius 3 is 2.59 bits per heavy atom. The fourth-order valence-corrected chi connectivity index (χ4v) is 4.34. The summed E-state index contributed by atoms with van der Waals surface area (Å²) >= 11 is 6.02. The normalized spacial score (nSPS) is 16.0. The fraction of sp³-hybridized carbons (Fsp3) is 0.227. The van der Waals surface area contributed by atoms with Crippen molar-refractivity contribution in [1.29, 1.82) is 0 Å². The van der Waals surface area contributed by atoms with Gasteiger partial charge in [-0.15, -0.1) is 0 Å². The monoisotopic (exact) mass is 466 g/mol. The first-order chi connectivity index (χ1) is 15.1. The number of carbonyl (C=O) groups excluding carboxylic acids is 1. The van der Waals surface area contributed by atoms with E-state index in [1.54, 1.807) is 0 Å². The van der Waals surface area contributed by atoms with Gasteiger partial charge in [0.15, 0.2) is 5.78 Å². The molecule has 0 saturated heterocycles. The number of benzene rings is 2. The number of carbonyl (C=O) groups is 2. The van der Waals surface area contributed by atoms with Gasteiger partial charge in [-0.05, 0) is 49.6 Å². The molecule has 1 unspecified atom stereocenters. The first-order valence-corrected chi connectivity index (χ1v) is 9.97. The SMILES string of the molecule is O=C(O)c1ccc(-c2n[nH]c3c2C(C(=O)c2c(Cl)cccc2C(F)(F)F)CCC3)c(F)c1. The zero-order valence-corrected chi connectivity index (χ0v) is 17.0. The third-order valence-corrected chi connectivity index (χ3v) is 5.82. The molecule has 0 amide bonds. The van der Waals surface area contributed by atoms with Crippen molar-refractivity contribution in [3.63, 3.8) is 0 Å². The van der Waals surface area contributed by atoms with Crippen molar-refractivity contribution in [1.82, 2.24) is 10.2 Å². The van der Waals surface area contributed by atoms with Crippen molar-refractivity contribution >= 4 is 23.4 Å². The summed E-state index contributed by atoms with van der Waals surface area (Å²) in [5.41, 5.74) is -1.20. The standard InChI is InChI=1S/C22H15ClF4N2O3/c23-14-5-2-4-13(22(25,26)27)18(14)20(30)12-3-1-6-16-17(12)19(29-28-16)11-8-7-10(21(31)32)9-15(11)24/h2,4-5,7-9,12H,1,3,6H2,(H,28,29)(H,31,32). The Labute approximate surface area is 184 Å². The van der Waals surface area contributed by atoms with Gasteiger partial charge < -0.3 is 5.11 Å². The number of aromatic amines is 1. The van der Waals surface area contributed by atoms with Crippen LogP contribution in [-0.2, 0) is 12.6 Å². The fourth-order valence-electron chi connectivity index (χ4n) is 4.07. The number of halogens is 5. The molecule has 166 valence electrons. The number of carboxylic acid groups (broad SMARTS) is 1. The van der Waals surface area contributed by atoms with E-state index in [2.05, 4.69) is 10.2 Å². The molecule has 5 nitrogen and oxygen atoms in total. The second-order valence-corrected chi connectivity index (χ2v) is 7.84. The minimum atomic E-state index is -4.79. The first kappa shape index (κ1) is 22.0. The van der Waals surface area contributed by atoms with Gasteiger partial charge in [0.2, 0.25) is 0 Å². The van der Waals surface area contributed by atoms with E-state index in [0.29, 0.717) is 24.1 Å². The summed E-state index contributed by atoms with van der Waals surface area (Å²) in [5, 5.41) is 15.6. The average Bonchev–Trinajstić information content (AvgIpc) is 3.16. The lowest BCUT2D eigenvalue weighted by molar-refractivity contribution is -0.137. The van der Waals surface area contributed by atoms with E-state index in [1.807, 2.05) is 0 Å². The summed E-state index contributed by atoms with van der Waals surface area (Å²) < 4.78 is 55.4. The Bertz CT molecular complexity index is 1240. The molecule has 0 fully saturated rings. The van der Waals surface area contributed by atoms with Gasteiger partial charge in [-0.3, -0.25) is 9.89 Å². The van der Waals surface area contributed by atoms with Gasteiger partial charge in [-0.25, -0.2) is 9.18 Å². The number of aromatic carboxylic acids is 1. The van der Waals surface area contributed by atoms with Crippen LogP contribution < -0.4 is 0 Å². The van der Waals surface area contributed by atoms with E-state index in [4.69, 9.17) is 16.7 Å². The summed E-state index contributed by atoms with van der Waals surface area (Å²) in [6, 6.07) is 6.38. The van der Waals surface area contributed by atoms with Crippen molar-refractivity contribution in [2.75, 3.05) is 0 Å². The number of aromatic nitrogens is 2. The lowest BCUT2D eigenvalue weighted by Crippen LogP contribution is -2.22. The highest BCUT2D eigenvalue weighted by Gasteiger charge is 2.40. The molecule has 0 aliphatic heterocycles. The Morgan fingerprint density at radius 2 is 1.94 bits per heavy atom. The number of hydrogen-bond donors (Lipinski definition) is 2. The molecule has 1 aliphatic carbocycles. The number of aryl methyl sites for hydroxylation is 1. The van der Waals surface area contributed by atoms with E-state index in [0.717, 1.165) is 18.2 Å². The quantitative estimate of drug-likeness (QED) is 0.371. The number of nitrogens with one attached hydrogen (secondary N) is 1. The smallest absolute Gasteiger partial charge is 0.417 e. The zero-order valence-electron chi connectivity index (χ0n) is 16.3. The largest absolute Gasteiger partial charge is 0.478 e. The van der Waals surface area contributed by atoms with Crippen LogP contribution in [0.25, 0.3) is 11.3 Å². The van der Waals surface area contributed by atoms with E-state index >= 15 is 0 Å². The van der Waals surface area contributed by atoms with E-state index in [-0.39, 0.29) is 28.3 Å². The molecule has 0 bridgehead atoms. The second-order valence-electron chi connectivity index (χ2n) is 7.43.